The van der Waals surface area contributed by atoms with Gasteiger partial charge in [-0.15, -0.1) is 0 Å². The molecule has 0 spiro atoms. The number of carbonyl (C=O) groups is 3. The molecule has 1 aliphatic heterocycles. The fourth-order valence-corrected chi connectivity index (χ4v) is 3.69. The highest BCUT2D eigenvalue weighted by atomic mass is 16.2. The molecule has 1 saturated heterocycles. The molecule has 0 radical (unpaired) electrons. The Morgan fingerprint density at radius 2 is 1.44 bits per heavy atom. The van der Waals surface area contributed by atoms with Crippen LogP contribution in [-0.4, -0.2) is 42.3 Å². The minimum atomic E-state index is -0.197. The molecule has 0 unspecified atom stereocenters. The van der Waals surface area contributed by atoms with Crippen molar-refractivity contribution in [2.75, 3.05) is 35.6 Å². The molecule has 3 rings (SSSR count). The van der Waals surface area contributed by atoms with Crippen LogP contribution in [0.2, 0.25) is 0 Å². The van der Waals surface area contributed by atoms with E-state index < -0.39 is 0 Å². The maximum Gasteiger partial charge on any atom is 0.253 e. The largest absolute Gasteiger partial charge is 0.376 e. The van der Waals surface area contributed by atoms with Gasteiger partial charge < -0.3 is 20.9 Å². The van der Waals surface area contributed by atoms with Crippen LogP contribution in [0.25, 0.3) is 0 Å². The SMILES string of the molecule is CCCC(=O)Nc1ccc(NC(=O)CNc2cccc(C(=O)N3CCCCCC3)c2)cc1. The summed E-state index contributed by atoms with van der Waals surface area (Å²) in [4.78, 5) is 38.7. The van der Waals surface area contributed by atoms with Crippen LogP contribution in [0.15, 0.2) is 48.5 Å². The summed E-state index contributed by atoms with van der Waals surface area (Å²) in [6.45, 7) is 3.65. The van der Waals surface area contributed by atoms with Crippen LogP contribution in [-0.2, 0) is 9.59 Å². The number of rotatable bonds is 8. The van der Waals surface area contributed by atoms with Crippen molar-refractivity contribution in [2.24, 2.45) is 0 Å². The summed E-state index contributed by atoms with van der Waals surface area (Å²) in [6.07, 6.45) is 5.73. The molecule has 32 heavy (non-hydrogen) atoms. The van der Waals surface area contributed by atoms with E-state index >= 15 is 0 Å². The minimum Gasteiger partial charge on any atom is -0.376 e. The zero-order valence-electron chi connectivity index (χ0n) is 18.7. The van der Waals surface area contributed by atoms with E-state index in [1.165, 1.54) is 12.8 Å². The van der Waals surface area contributed by atoms with Gasteiger partial charge >= 0.3 is 0 Å². The molecular weight excluding hydrogens is 404 g/mol. The van der Waals surface area contributed by atoms with Gasteiger partial charge in [-0.2, -0.15) is 0 Å². The van der Waals surface area contributed by atoms with E-state index in [-0.39, 0.29) is 24.3 Å². The van der Waals surface area contributed by atoms with Crippen molar-refractivity contribution >= 4 is 34.8 Å². The molecule has 3 N–H and O–H groups in total. The number of anilines is 3. The number of hydrogen-bond acceptors (Lipinski definition) is 4. The second kappa shape index (κ2) is 11.9. The number of likely N-dealkylation sites (tertiary alicyclic amines) is 1. The van der Waals surface area contributed by atoms with Gasteiger partial charge in [0.15, 0.2) is 0 Å². The van der Waals surface area contributed by atoms with Crippen molar-refractivity contribution in [3.05, 3.63) is 54.1 Å². The smallest absolute Gasteiger partial charge is 0.253 e. The van der Waals surface area contributed by atoms with Gasteiger partial charge in [0.2, 0.25) is 11.8 Å². The molecule has 7 nitrogen and oxygen atoms in total. The fourth-order valence-electron chi connectivity index (χ4n) is 3.69. The standard InChI is InChI=1S/C25H32N4O3/c1-2-8-23(30)27-20-11-13-21(14-12-20)28-24(31)18-26-22-10-7-9-19(17-22)25(32)29-15-5-3-4-6-16-29/h7,9-14,17,26H,2-6,8,15-16,18H2,1H3,(H,27,30)(H,28,31). The zero-order valence-corrected chi connectivity index (χ0v) is 18.7. The lowest BCUT2D eigenvalue weighted by atomic mass is 10.1. The molecule has 1 fully saturated rings. The monoisotopic (exact) mass is 436 g/mol. The van der Waals surface area contributed by atoms with Gasteiger partial charge in [0.25, 0.3) is 5.91 Å². The van der Waals surface area contributed by atoms with E-state index in [1.54, 1.807) is 30.3 Å². The summed E-state index contributed by atoms with van der Waals surface area (Å²) in [5.41, 5.74) is 2.72. The summed E-state index contributed by atoms with van der Waals surface area (Å²) in [6, 6.07) is 14.3. The highest BCUT2D eigenvalue weighted by molar-refractivity contribution is 5.96. The van der Waals surface area contributed by atoms with Gasteiger partial charge in [-0.25, -0.2) is 0 Å². The number of benzene rings is 2. The van der Waals surface area contributed by atoms with Crippen molar-refractivity contribution in [2.45, 2.75) is 45.4 Å². The lowest BCUT2D eigenvalue weighted by Crippen LogP contribution is -2.31. The molecule has 170 valence electrons. The first kappa shape index (κ1) is 23.3. The first-order valence-corrected chi connectivity index (χ1v) is 11.4. The Morgan fingerprint density at radius 3 is 2.06 bits per heavy atom. The molecule has 3 amide bonds. The van der Waals surface area contributed by atoms with E-state index in [4.69, 9.17) is 0 Å². The van der Waals surface area contributed by atoms with Gasteiger partial charge in [-0.3, -0.25) is 14.4 Å². The minimum absolute atomic E-state index is 0.0231. The van der Waals surface area contributed by atoms with Crippen LogP contribution in [0, 0.1) is 0 Å². The number of amides is 3. The predicted octanol–water partition coefficient (Wildman–Crippen LogP) is 4.49. The summed E-state index contributed by atoms with van der Waals surface area (Å²) in [7, 11) is 0. The Labute approximate surface area is 189 Å². The average molecular weight is 437 g/mol. The van der Waals surface area contributed by atoms with Gasteiger partial charge in [0.1, 0.15) is 0 Å². The summed E-state index contributed by atoms with van der Waals surface area (Å²) < 4.78 is 0. The third-order valence-electron chi connectivity index (χ3n) is 5.39. The van der Waals surface area contributed by atoms with Crippen molar-refractivity contribution in [1.82, 2.24) is 4.90 Å². The van der Waals surface area contributed by atoms with Crippen molar-refractivity contribution in [3.63, 3.8) is 0 Å². The lowest BCUT2D eigenvalue weighted by Gasteiger charge is -2.20. The van der Waals surface area contributed by atoms with Crippen LogP contribution < -0.4 is 16.0 Å². The van der Waals surface area contributed by atoms with E-state index in [1.807, 2.05) is 30.0 Å². The highest BCUT2D eigenvalue weighted by Gasteiger charge is 2.17. The van der Waals surface area contributed by atoms with Crippen LogP contribution in [0.3, 0.4) is 0 Å². The quantitative estimate of drug-likeness (QED) is 0.569. The molecular formula is C25H32N4O3. The zero-order chi connectivity index (χ0) is 22.8. The summed E-state index contributed by atoms with van der Waals surface area (Å²) in [5, 5.41) is 8.73. The third-order valence-corrected chi connectivity index (χ3v) is 5.39. The van der Waals surface area contributed by atoms with Crippen molar-refractivity contribution in [3.8, 4) is 0 Å². The molecule has 7 heteroatoms. The van der Waals surface area contributed by atoms with Crippen LogP contribution in [0.4, 0.5) is 17.1 Å². The molecule has 0 aliphatic carbocycles. The molecule has 0 bridgehead atoms. The number of nitrogens with one attached hydrogen (secondary N) is 3. The maximum absolute atomic E-state index is 12.8. The highest BCUT2D eigenvalue weighted by Crippen LogP contribution is 2.17. The molecule has 1 heterocycles. The number of hydrogen-bond donors (Lipinski definition) is 3. The van der Waals surface area contributed by atoms with Crippen LogP contribution >= 0.6 is 0 Å². The van der Waals surface area contributed by atoms with E-state index in [0.717, 1.165) is 38.0 Å². The molecule has 1 aliphatic rings. The summed E-state index contributed by atoms with van der Waals surface area (Å²) >= 11 is 0. The molecule has 2 aromatic rings. The molecule has 0 atom stereocenters. The van der Waals surface area contributed by atoms with Gasteiger partial charge in [-0.1, -0.05) is 25.8 Å². The Morgan fingerprint density at radius 1 is 0.812 bits per heavy atom. The Hall–Kier alpha value is -3.35. The number of nitrogens with zero attached hydrogens (tertiary/aromatic N) is 1. The third kappa shape index (κ3) is 7.11. The van der Waals surface area contributed by atoms with Crippen LogP contribution in [0.1, 0.15) is 55.8 Å². The van der Waals surface area contributed by atoms with E-state index in [0.29, 0.717) is 23.4 Å². The average Bonchev–Trinajstić information content (AvgIpc) is 3.08. The first-order chi connectivity index (χ1) is 15.5. The molecule has 2 aromatic carbocycles. The second-order valence-electron chi connectivity index (χ2n) is 8.06. The van der Waals surface area contributed by atoms with Gasteiger partial charge in [0, 0.05) is 42.1 Å². The van der Waals surface area contributed by atoms with Crippen LogP contribution in [0.5, 0.6) is 0 Å². The number of carbonyl (C=O) groups excluding carboxylic acids is 3. The fraction of sp³-hybridized carbons (Fsp3) is 0.400. The second-order valence-corrected chi connectivity index (χ2v) is 8.06. The predicted molar refractivity (Wildman–Crippen MR) is 128 cm³/mol. The lowest BCUT2D eigenvalue weighted by molar-refractivity contribution is -0.116. The summed E-state index contributed by atoms with van der Waals surface area (Å²) in [5.74, 6) is -0.173. The van der Waals surface area contributed by atoms with E-state index in [2.05, 4.69) is 16.0 Å². The topological polar surface area (TPSA) is 90.5 Å². The Kier molecular flexibility index (Phi) is 8.66. The van der Waals surface area contributed by atoms with Gasteiger partial charge in [-0.05, 0) is 61.7 Å². The molecule has 0 saturated carbocycles. The Bertz CT molecular complexity index is 919. The van der Waals surface area contributed by atoms with Crippen molar-refractivity contribution in [1.29, 1.82) is 0 Å². The van der Waals surface area contributed by atoms with E-state index in [9.17, 15) is 14.4 Å². The van der Waals surface area contributed by atoms with Crippen molar-refractivity contribution < 1.29 is 14.4 Å². The maximum atomic E-state index is 12.8. The normalized spacial score (nSPS) is 13.7. The Balaban J connectivity index is 1.50. The first-order valence-electron chi connectivity index (χ1n) is 11.4. The molecule has 0 aromatic heterocycles. The van der Waals surface area contributed by atoms with Gasteiger partial charge in [0.05, 0.1) is 6.54 Å².